The molecule has 0 bridgehead atoms. The summed E-state index contributed by atoms with van der Waals surface area (Å²) in [6.07, 6.45) is -1.12. The number of carbonyl (C=O) groups is 2. The summed E-state index contributed by atoms with van der Waals surface area (Å²) in [5.41, 5.74) is 2.21. The Kier molecular flexibility index (Phi) is 6.45. The highest BCUT2D eigenvalue weighted by atomic mass is 32.2. The predicted octanol–water partition coefficient (Wildman–Crippen LogP) is 3.13. The van der Waals surface area contributed by atoms with Crippen LogP contribution >= 0.6 is 0 Å². The van der Waals surface area contributed by atoms with E-state index in [0.717, 1.165) is 5.56 Å². The van der Waals surface area contributed by atoms with E-state index in [1.807, 2.05) is 6.92 Å². The Morgan fingerprint density at radius 3 is 2.18 bits per heavy atom. The van der Waals surface area contributed by atoms with Crippen molar-refractivity contribution in [3.63, 3.8) is 0 Å². The van der Waals surface area contributed by atoms with Crippen molar-refractivity contribution in [3.8, 4) is 0 Å². The zero-order chi connectivity index (χ0) is 21.1. The van der Waals surface area contributed by atoms with Crippen LogP contribution in [0.3, 0.4) is 0 Å². The number of para-hydroxylation sites is 1. The summed E-state index contributed by atoms with van der Waals surface area (Å²) in [6.45, 7) is 6.69. The lowest BCUT2D eigenvalue weighted by Gasteiger charge is -2.16. The molecule has 2 aromatic rings. The smallest absolute Gasteiger partial charge is 0.346 e. The number of methoxy groups -OCH3 is 1. The van der Waals surface area contributed by atoms with Gasteiger partial charge in [-0.25, -0.2) is 18.0 Å². The molecule has 0 radical (unpaired) electrons. The van der Waals surface area contributed by atoms with Crippen LogP contribution in [0.2, 0.25) is 0 Å². The molecule has 28 heavy (non-hydrogen) atoms. The van der Waals surface area contributed by atoms with Crippen molar-refractivity contribution in [3.05, 3.63) is 58.7 Å². The number of carbonyl (C=O) groups excluding carboxylic acids is 2. The van der Waals surface area contributed by atoms with Gasteiger partial charge in [-0.05, 0) is 51.0 Å². The van der Waals surface area contributed by atoms with E-state index in [-0.39, 0.29) is 16.1 Å². The fourth-order valence-electron chi connectivity index (χ4n) is 2.97. The Bertz CT molecular complexity index is 990. The first-order valence-corrected chi connectivity index (χ1v) is 10.0. The fraction of sp³-hybridized carbons (Fsp3) is 0.300. The number of hydrogen-bond donors (Lipinski definition) is 1. The van der Waals surface area contributed by atoms with Gasteiger partial charge in [0.25, 0.3) is 10.0 Å². The van der Waals surface area contributed by atoms with Gasteiger partial charge in [-0.15, -0.1) is 0 Å². The molecule has 0 spiro atoms. The Morgan fingerprint density at radius 1 is 1.04 bits per heavy atom. The van der Waals surface area contributed by atoms with Gasteiger partial charge >= 0.3 is 11.9 Å². The van der Waals surface area contributed by atoms with Gasteiger partial charge in [0.1, 0.15) is 0 Å². The molecule has 0 saturated carbocycles. The van der Waals surface area contributed by atoms with Crippen LogP contribution in [0.4, 0.5) is 5.69 Å². The number of nitrogens with one attached hydrogen (secondary N) is 1. The molecular formula is C20H23NO6S. The zero-order valence-corrected chi connectivity index (χ0v) is 17.2. The minimum absolute atomic E-state index is 0.00996. The average molecular weight is 405 g/mol. The van der Waals surface area contributed by atoms with Crippen LogP contribution < -0.4 is 4.72 Å². The number of ether oxygens (including phenoxy) is 2. The number of sulfonamides is 1. The molecule has 1 N–H and O–H groups in total. The second kappa shape index (κ2) is 8.43. The fourth-order valence-corrected chi connectivity index (χ4v) is 4.51. The number of rotatable bonds is 6. The number of hydrogen-bond acceptors (Lipinski definition) is 6. The van der Waals surface area contributed by atoms with E-state index in [1.165, 1.54) is 26.2 Å². The minimum Gasteiger partial charge on any atom is -0.466 e. The third kappa shape index (κ3) is 4.69. The van der Waals surface area contributed by atoms with Crippen LogP contribution in [-0.2, 0) is 24.3 Å². The summed E-state index contributed by atoms with van der Waals surface area (Å²) in [4.78, 5) is 24.1. The number of benzene rings is 2. The van der Waals surface area contributed by atoms with Crippen molar-refractivity contribution >= 4 is 27.6 Å². The first-order valence-electron chi connectivity index (χ1n) is 8.55. The van der Waals surface area contributed by atoms with Gasteiger partial charge in [0.2, 0.25) is 0 Å². The van der Waals surface area contributed by atoms with Gasteiger partial charge in [-0.3, -0.25) is 4.72 Å². The molecule has 2 rings (SSSR count). The van der Waals surface area contributed by atoms with Crippen molar-refractivity contribution in [1.29, 1.82) is 0 Å². The van der Waals surface area contributed by atoms with E-state index < -0.39 is 28.1 Å². The average Bonchev–Trinajstić information content (AvgIpc) is 2.59. The number of anilines is 1. The van der Waals surface area contributed by atoms with Crippen molar-refractivity contribution in [1.82, 2.24) is 0 Å². The maximum absolute atomic E-state index is 13.0. The summed E-state index contributed by atoms with van der Waals surface area (Å²) < 4.78 is 38.0. The summed E-state index contributed by atoms with van der Waals surface area (Å²) >= 11 is 0. The second-order valence-corrected chi connectivity index (χ2v) is 8.07. The molecule has 0 heterocycles. The Hall–Kier alpha value is -2.87. The van der Waals surface area contributed by atoms with Gasteiger partial charge < -0.3 is 9.47 Å². The van der Waals surface area contributed by atoms with Crippen molar-refractivity contribution in [2.75, 3.05) is 11.8 Å². The lowest BCUT2D eigenvalue weighted by Crippen LogP contribution is -2.26. The summed E-state index contributed by atoms with van der Waals surface area (Å²) in [6, 6.07) is 9.58. The molecule has 150 valence electrons. The largest absolute Gasteiger partial charge is 0.466 e. The molecule has 2 aromatic carbocycles. The lowest BCUT2D eigenvalue weighted by molar-refractivity contribution is -0.149. The van der Waals surface area contributed by atoms with E-state index in [4.69, 9.17) is 4.74 Å². The lowest BCUT2D eigenvalue weighted by atomic mass is 10.1. The maximum atomic E-state index is 13.0. The highest BCUT2D eigenvalue weighted by Gasteiger charge is 2.25. The molecule has 0 saturated heterocycles. The molecular weight excluding hydrogens is 382 g/mol. The molecule has 0 aromatic heterocycles. The van der Waals surface area contributed by atoms with Gasteiger partial charge in [0.05, 0.1) is 23.3 Å². The van der Waals surface area contributed by atoms with Crippen LogP contribution in [0.25, 0.3) is 0 Å². The zero-order valence-electron chi connectivity index (χ0n) is 16.4. The van der Waals surface area contributed by atoms with Crippen LogP contribution in [-0.4, -0.2) is 33.6 Å². The first kappa shape index (κ1) is 21.4. The highest BCUT2D eigenvalue weighted by Crippen LogP contribution is 2.26. The second-order valence-electron chi connectivity index (χ2n) is 6.45. The van der Waals surface area contributed by atoms with Gasteiger partial charge in [-0.2, -0.15) is 0 Å². The SMILES string of the molecule is COC(=O)[C@H](C)OC(=O)c1ccccc1NS(=O)(=O)c1c(C)cc(C)cc1C. The van der Waals surface area contributed by atoms with E-state index in [0.29, 0.717) is 11.1 Å². The molecule has 0 fully saturated rings. The van der Waals surface area contributed by atoms with Crippen molar-refractivity contribution in [2.24, 2.45) is 0 Å². The van der Waals surface area contributed by atoms with Crippen molar-refractivity contribution in [2.45, 2.75) is 38.7 Å². The minimum atomic E-state index is -3.95. The van der Waals surface area contributed by atoms with E-state index >= 15 is 0 Å². The molecule has 8 heteroatoms. The van der Waals surface area contributed by atoms with E-state index in [2.05, 4.69) is 9.46 Å². The first-order chi connectivity index (χ1) is 13.1. The van der Waals surface area contributed by atoms with Crippen LogP contribution in [0.1, 0.15) is 34.0 Å². The molecule has 0 aliphatic heterocycles. The molecule has 0 unspecified atom stereocenters. The molecule has 0 aliphatic rings. The monoisotopic (exact) mass is 405 g/mol. The molecule has 1 atom stereocenters. The molecule has 7 nitrogen and oxygen atoms in total. The highest BCUT2D eigenvalue weighted by molar-refractivity contribution is 7.92. The van der Waals surface area contributed by atoms with Crippen LogP contribution in [0.5, 0.6) is 0 Å². The molecule has 0 amide bonds. The van der Waals surface area contributed by atoms with Gasteiger partial charge in [0.15, 0.2) is 6.10 Å². The Morgan fingerprint density at radius 2 is 1.61 bits per heavy atom. The Labute approximate surface area is 164 Å². The van der Waals surface area contributed by atoms with Crippen molar-refractivity contribution < 1.29 is 27.5 Å². The Balaban J connectivity index is 2.38. The van der Waals surface area contributed by atoms with Crippen LogP contribution in [0, 0.1) is 20.8 Å². The summed E-state index contributed by atoms with van der Waals surface area (Å²) in [7, 11) is -2.76. The van der Waals surface area contributed by atoms with Gasteiger partial charge in [-0.1, -0.05) is 29.8 Å². The van der Waals surface area contributed by atoms with Gasteiger partial charge in [0, 0.05) is 0 Å². The van der Waals surface area contributed by atoms with E-state index in [1.54, 1.807) is 38.1 Å². The third-order valence-corrected chi connectivity index (χ3v) is 5.75. The summed E-state index contributed by atoms with van der Waals surface area (Å²) in [5, 5.41) is 0. The topological polar surface area (TPSA) is 98.8 Å². The maximum Gasteiger partial charge on any atom is 0.346 e. The summed E-state index contributed by atoms with van der Waals surface area (Å²) in [5.74, 6) is -1.55. The quantitative estimate of drug-likeness (QED) is 0.742. The molecule has 0 aliphatic carbocycles. The standard InChI is InChI=1S/C20H23NO6S/c1-12-10-13(2)18(14(3)11-12)28(24,25)21-17-9-7-6-8-16(17)20(23)27-15(4)19(22)26-5/h6-11,15,21H,1-5H3/t15-/m0/s1. The number of aryl methyl sites for hydroxylation is 3. The van der Waals surface area contributed by atoms with Crippen LogP contribution in [0.15, 0.2) is 41.3 Å². The number of esters is 2. The predicted molar refractivity (Wildman–Crippen MR) is 105 cm³/mol. The third-order valence-electron chi connectivity index (χ3n) is 4.08. The van der Waals surface area contributed by atoms with E-state index in [9.17, 15) is 18.0 Å². The normalized spacial score (nSPS) is 12.2.